The standard InChI is InChI=1S/C27H36F3N3O3S/c1-5-32-12-6-8-19(32)17-36-22-11-10-18(27(28,29)30)14-21(22)24(34)31-25-33(15-20-9-7-13-35-20)16-23(37-25)26(2,3)4/h10-11,14,16,19-20H,5-9,12-13,15,17H2,1-4H3/b31-25-/t19-,20+/m0/s1. The van der Waals surface area contributed by atoms with Crippen LogP contribution < -0.4 is 9.54 Å². The first-order chi connectivity index (χ1) is 17.5. The summed E-state index contributed by atoms with van der Waals surface area (Å²) in [5.41, 5.74) is -1.25. The zero-order valence-electron chi connectivity index (χ0n) is 21.9. The Kier molecular flexibility index (Phi) is 8.50. The fourth-order valence-electron chi connectivity index (χ4n) is 4.78. The van der Waals surface area contributed by atoms with Crippen LogP contribution in [0.4, 0.5) is 13.2 Å². The lowest BCUT2D eigenvalue weighted by atomic mass is 9.95. The van der Waals surface area contributed by atoms with Gasteiger partial charge in [-0.05, 0) is 62.4 Å². The van der Waals surface area contributed by atoms with Crippen molar-refractivity contribution in [3.8, 4) is 5.75 Å². The molecular weight excluding hydrogens is 503 g/mol. The van der Waals surface area contributed by atoms with Gasteiger partial charge >= 0.3 is 6.18 Å². The lowest BCUT2D eigenvalue weighted by molar-refractivity contribution is -0.137. The number of aromatic nitrogens is 1. The molecule has 0 unspecified atom stereocenters. The fraction of sp³-hybridized carbons (Fsp3) is 0.630. The molecule has 0 spiro atoms. The van der Waals surface area contributed by atoms with E-state index in [1.165, 1.54) is 17.4 Å². The Bertz CT molecular complexity index is 1160. The van der Waals surface area contributed by atoms with Gasteiger partial charge in [0.25, 0.3) is 5.91 Å². The molecule has 204 valence electrons. The van der Waals surface area contributed by atoms with E-state index in [2.05, 4.69) is 37.6 Å². The third-order valence-corrected chi connectivity index (χ3v) is 8.40. The monoisotopic (exact) mass is 539 g/mol. The molecule has 2 saturated heterocycles. The summed E-state index contributed by atoms with van der Waals surface area (Å²) in [6, 6.07) is 3.23. The number of carbonyl (C=O) groups excluding carboxylic acids is 1. The van der Waals surface area contributed by atoms with Gasteiger partial charge in [-0.2, -0.15) is 18.2 Å². The van der Waals surface area contributed by atoms with Crippen molar-refractivity contribution in [1.82, 2.24) is 9.47 Å². The second-order valence-electron chi connectivity index (χ2n) is 10.8. The maximum atomic E-state index is 13.5. The highest BCUT2D eigenvalue weighted by Gasteiger charge is 2.33. The maximum absolute atomic E-state index is 13.5. The zero-order chi connectivity index (χ0) is 26.8. The van der Waals surface area contributed by atoms with Gasteiger partial charge in [0.1, 0.15) is 12.4 Å². The third kappa shape index (κ3) is 6.83. The summed E-state index contributed by atoms with van der Waals surface area (Å²) >= 11 is 1.38. The van der Waals surface area contributed by atoms with Gasteiger partial charge in [-0.1, -0.05) is 27.7 Å². The highest BCUT2D eigenvalue weighted by atomic mass is 32.1. The number of likely N-dealkylation sites (N-methyl/N-ethyl adjacent to an activating group) is 1. The van der Waals surface area contributed by atoms with E-state index in [4.69, 9.17) is 9.47 Å². The summed E-state index contributed by atoms with van der Waals surface area (Å²) in [7, 11) is 0. The minimum Gasteiger partial charge on any atom is -0.491 e. The van der Waals surface area contributed by atoms with Crippen molar-refractivity contribution in [3.63, 3.8) is 0 Å². The number of ether oxygens (including phenoxy) is 2. The van der Waals surface area contributed by atoms with Crippen molar-refractivity contribution in [3.05, 3.63) is 45.2 Å². The molecule has 1 aromatic carbocycles. The number of thiazole rings is 1. The van der Waals surface area contributed by atoms with Crippen LogP contribution in [0.3, 0.4) is 0 Å². The Labute approximate surface area is 220 Å². The zero-order valence-corrected chi connectivity index (χ0v) is 22.8. The predicted octanol–water partition coefficient (Wildman–Crippen LogP) is 5.65. The Morgan fingerprint density at radius 2 is 2.00 bits per heavy atom. The van der Waals surface area contributed by atoms with E-state index in [1.807, 2.05) is 10.8 Å². The van der Waals surface area contributed by atoms with E-state index >= 15 is 0 Å². The van der Waals surface area contributed by atoms with Gasteiger partial charge in [0, 0.05) is 23.7 Å². The molecule has 0 bridgehead atoms. The van der Waals surface area contributed by atoms with Gasteiger partial charge in [0.2, 0.25) is 0 Å². The van der Waals surface area contributed by atoms with Gasteiger partial charge < -0.3 is 14.0 Å². The molecule has 2 aliphatic heterocycles. The lowest BCUT2D eigenvalue weighted by Gasteiger charge is -2.23. The third-order valence-electron chi connectivity index (χ3n) is 6.95. The average molecular weight is 540 g/mol. The number of halogens is 3. The maximum Gasteiger partial charge on any atom is 0.416 e. The van der Waals surface area contributed by atoms with Crippen LogP contribution in [0, 0.1) is 0 Å². The molecule has 4 rings (SSSR count). The Balaban J connectivity index is 1.69. The molecule has 0 aliphatic carbocycles. The van der Waals surface area contributed by atoms with Gasteiger partial charge in [0.15, 0.2) is 4.80 Å². The average Bonchev–Trinajstić information content (AvgIpc) is 3.58. The van der Waals surface area contributed by atoms with E-state index in [9.17, 15) is 18.0 Å². The molecule has 37 heavy (non-hydrogen) atoms. The molecule has 2 aromatic rings. The van der Waals surface area contributed by atoms with Crippen molar-refractivity contribution in [1.29, 1.82) is 0 Å². The van der Waals surface area contributed by atoms with Crippen LogP contribution >= 0.6 is 11.3 Å². The van der Waals surface area contributed by atoms with Crippen molar-refractivity contribution >= 4 is 17.2 Å². The summed E-state index contributed by atoms with van der Waals surface area (Å²) in [5, 5.41) is 0. The van der Waals surface area contributed by atoms with Crippen LogP contribution in [0.2, 0.25) is 0 Å². The Morgan fingerprint density at radius 3 is 2.65 bits per heavy atom. The Morgan fingerprint density at radius 1 is 1.22 bits per heavy atom. The van der Waals surface area contributed by atoms with Gasteiger partial charge in [-0.15, -0.1) is 11.3 Å². The van der Waals surface area contributed by atoms with Crippen LogP contribution in [0.25, 0.3) is 0 Å². The quantitative estimate of drug-likeness (QED) is 0.456. The highest BCUT2D eigenvalue weighted by molar-refractivity contribution is 7.09. The topological polar surface area (TPSA) is 56.1 Å². The molecule has 2 atom stereocenters. The summed E-state index contributed by atoms with van der Waals surface area (Å²) in [4.78, 5) is 21.5. The SMILES string of the molecule is CCN1CCC[C@H]1COc1ccc(C(F)(F)F)cc1C(=O)/N=c1\sc(C(C)(C)C)cn1C[C@H]1CCCO1. The number of alkyl halides is 3. The predicted molar refractivity (Wildman–Crippen MR) is 137 cm³/mol. The molecule has 3 heterocycles. The van der Waals surface area contributed by atoms with Crippen molar-refractivity contribution in [2.75, 3.05) is 26.3 Å². The molecule has 0 radical (unpaired) electrons. The van der Waals surface area contributed by atoms with E-state index in [1.54, 1.807) is 0 Å². The number of amides is 1. The summed E-state index contributed by atoms with van der Waals surface area (Å²) < 4.78 is 54.3. The van der Waals surface area contributed by atoms with Crippen molar-refractivity contribution < 1.29 is 27.4 Å². The second kappa shape index (κ2) is 11.3. The number of rotatable bonds is 7. The largest absolute Gasteiger partial charge is 0.491 e. The van der Waals surface area contributed by atoms with Crippen LogP contribution in [-0.2, 0) is 22.9 Å². The number of hydrogen-bond acceptors (Lipinski definition) is 5. The van der Waals surface area contributed by atoms with E-state index < -0.39 is 17.6 Å². The summed E-state index contributed by atoms with van der Waals surface area (Å²) in [5.74, 6) is -0.619. The lowest BCUT2D eigenvalue weighted by Crippen LogP contribution is -2.34. The van der Waals surface area contributed by atoms with E-state index in [0.717, 1.165) is 55.8 Å². The molecule has 6 nitrogen and oxygen atoms in total. The van der Waals surface area contributed by atoms with E-state index in [0.29, 0.717) is 24.6 Å². The van der Waals surface area contributed by atoms with Crippen molar-refractivity contribution in [2.45, 2.75) is 83.7 Å². The highest BCUT2D eigenvalue weighted by Crippen LogP contribution is 2.33. The number of benzene rings is 1. The Hall–Kier alpha value is -2.17. The molecule has 0 N–H and O–H groups in total. The molecule has 1 amide bonds. The molecule has 2 fully saturated rings. The van der Waals surface area contributed by atoms with Crippen LogP contribution in [0.1, 0.15) is 74.2 Å². The normalized spacial score (nSPS) is 21.6. The first-order valence-electron chi connectivity index (χ1n) is 12.9. The van der Waals surface area contributed by atoms with Gasteiger partial charge in [0.05, 0.1) is 23.8 Å². The van der Waals surface area contributed by atoms with Gasteiger partial charge in [-0.25, -0.2) is 0 Å². The van der Waals surface area contributed by atoms with Crippen molar-refractivity contribution in [2.24, 2.45) is 4.99 Å². The van der Waals surface area contributed by atoms with Gasteiger partial charge in [-0.3, -0.25) is 9.69 Å². The number of hydrogen-bond donors (Lipinski definition) is 0. The van der Waals surface area contributed by atoms with Crippen LogP contribution in [-0.4, -0.2) is 53.8 Å². The number of carbonyl (C=O) groups is 1. The summed E-state index contributed by atoms with van der Waals surface area (Å²) in [6.45, 7) is 11.7. The first-order valence-corrected chi connectivity index (χ1v) is 13.8. The minimum absolute atomic E-state index is 0.0249. The molecule has 10 heteroatoms. The van der Waals surface area contributed by atoms with Crippen LogP contribution in [0.15, 0.2) is 29.4 Å². The van der Waals surface area contributed by atoms with Crippen LogP contribution in [0.5, 0.6) is 5.75 Å². The molecular formula is C27H36F3N3O3S. The number of likely N-dealkylation sites (tertiary alicyclic amines) is 1. The number of nitrogens with zero attached hydrogens (tertiary/aromatic N) is 3. The van der Waals surface area contributed by atoms with E-state index in [-0.39, 0.29) is 28.9 Å². The first kappa shape index (κ1) is 27.9. The molecule has 1 aromatic heterocycles. The fourth-order valence-corrected chi connectivity index (χ4v) is 5.84. The smallest absolute Gasteiger partial charge is 0.416 e. The minimum atomic E-state index is -4.58. The summed E-state index contributed by atoms with van der Waals surface area (Å²) in [6.07, 6.45) is 1.32. The molecule has 2 aliphatic rings. The second-order valence-corrected chi connectivity index (χ2v) is 11.8. The molecule has 0 saturated carbocycles.